The van der Waals surface area contributed by atoms with Crippen molar-refractivity contribution >= 4 is 29.0 Å². The highest BCUT2D eigenvalue weighted by molar-refractivity contribution is 6.33. The van der Waals surface area contributed by atoms with Gasteiger partial charge in [0.1, 0.15) is 5.83 Å². The van der Waals surface area contributed by atoms with Crippen LogP contribution >= 0.6 is 23.2 Å². The molecule has 0 bridgehead atoms. The molecule has 0 amide bonds. The molecule has 0 N–H and O–H groups in total. The van der Waals surface area contributed by atoms with E-state index in [1.165, 1.54) is 0 Å². The summed E-state index contributed by atoms with van der Waals surface area (Å²) in [5.41, 5.74) is 0.0241. The van der Waals surface area contributed by atoms with Gasteiger partial charge in [0.15, 0.2) is 5.78 Å². The molecule has 0 saturated carbocycles. The first-order chi connectivity index (χ1) is 5.15. The lowest BCUT2D eigenvalue weighted by molar-refractivity contribution is -0.115. The van der Waals surface area contributed by atoms with Crippen LogP contribution in [-0.4, -0.2) is 11.7 Å². The van der Waals surface area contributed by atoms with Crippen LogP contribution in [0.25, 0.3) is 0 Å². The molecular formula is C7H5Cl2FO. The lowest BCUT2D eigenvalue weighted by Crippen LogP contribution is -2.09. The summed E-state index contributed by atoms with van der Waals surface area (Å²) < 4.78 is 12.8. The van der Waals surface area contributed by atoms with Crippen molar-refractivity contribution in [3.63, 3.8) is 0 Å². The summed E-state index contributed by atoms with van der Waals surface area (Å²) in [6, 6.07) is 0. The number of hydrogen-bond acceptors (Lipinski definition) is 1. The molecule has 0 atom stereocenters. The van der Waals surface area contributed by atoms with E-state index >= 15 is 0 Å². The van der Waals surface area contributed by atoms with Crippen LogP contribution in [0.1, 0.15) is 6.42 Å². The molecule has 0 aromatic carbocycles. The zero-order chi connectivity index (χ0) is 8.43. The van der Waals surface area contributed by atoms with Crippen LogP contribution in [0.5, 0.6) is 0 Å². The fourth-order valence-corrected chi connectivity index (χ4v) is 1.30. The molecule has 1 aliphatic carbocycles. The Morgan fingerprint density at radius 1 is 1.64 bits per heavy atom. The Labute approximate surface area is 73.5 Å². The average Bonchev–Trinajstić information content (AvgIpc) is 1.85. The number of Topliss-reactive ketones (excluding diaryl/α,β-unsaturated/α-hetero) is 1. The molecule has 0 aromatic heterocycles. The Morgan fingerprint density at radius 2 is 2.27 bits per heavy atom. The van der Waals surface area contributed by atoms with Crippen LogP contribution in [-0.2, 0) is 4.79 Å². The van der Waals surface area contributed by atoms with Crippen molar-refractivity contribution in [3.8, 4) is 0 Å². The van der Waals surface area contributed by atoms with E-state index in [0.29, 0.717) is 0 Å². The molecule has 60 valence electrons. The largest absolute Gasteiger partial charge is 0.294 e. The first-order valence-corrected chi connectivity index (χ1v) is 3.90. The first-order valence-electron chi connectivity index (χ1n) is 2.99. The van der Waals surface area contributed by atoms with E-state index in [4.69, 9.17) is 23.2 Å². The Morgan fingerprint density at radius 3 is 2.73 bits per heavy atom. The molecule has 0 aliphatic heterocycles. The van der Waals surface area contributed by atoms with Gasteiger partial charge in [-0.2, -0.15) is 0 Å². The van der Waals surface area contributed by atoms with E-state index in [-0.39, 0.29) is 28.7 Å². The lowest BCUT2D eigenvalue weighted by Gasteiger charge is -2.08. The van der Waals surface area contributed by atoms with Gasteiger partial charge in [-0.3, -0.25) is 4.79 Å². The summed E-state index contributed by atoms with van der Waals surface area (Å²) in [4.78, 5) is 10.9. The SMILES string of the molecule is O=C1CC(Cl)=CC(F)=C1CCl. The minimum atomic E-state index is -0.610. The molecule has 0 radical (unpaired) electrons. The standard InChI is InChI=1S/C7H5Cl2FO/c8-3-5-6(10)1-4(9)2-7(5)11/h1H,2-3H2. The van der Waals surface area contributed by atoms with Crippen LogP contribution < -0.4 is 0 Å². The summed E-state index contributed by atoms with van der Waals surface area (Å²) in [5, 5.41) is 0.223. The van der Waals surface area contributed by atoms with Crippen molar-refractivity contribution in [2.45, 2.75) is 6.42 Å². The molecule has 0 aromatic rings. The van der Waals surface area contributed by atoms with E-state index in [2.05, 4.69) is 0 Å². The Hall–Kier alpha value is -0.340. The molecular weight excluding hydrogens is 190 g/mol. The molecule has 0 fully saturated rings. The molecule has 1 aliphatic rings. The molecule has 11 heavy (non-hydrogen) atoms. The van der Waals surface area contributed by atoms with Crippen LogP contribution in [0.4, 0.5) is 4.39 Å². The van der Waals surface area contributed by atoms with Gasteiger partial charge in [-0.15, -0.1) is 11.6 Å². The summed E-state index contributed by atoms with van der Waals surface area (Å²) >= 11 is 10.8. The van der Waals surface area contributed by atoms with Crippen molar-refractivity contribution < 1.29 is 9.18 Å². The van der Waals surface area contributed by atoms with Gasteiger partial charge in [-0.1, -0.05) is 11.6 Å². The number of allylic oxidation sites excluding steroid dienone is 4. The molecule has 0 spiro atoms. The predicted octanol–water partition coefficient (Wildman–Crippen LogP) is 2.54. The van der Waals surface area contributed by atoms with E-state index < -0.39 is 5.83 Å². The second kappa shape index (κ2) is 3.37. The second-order valence-corrected chi connectivity index (χ2v) is 2.90. The Balaban J connectivity index is 3.02. The summed E-state index contributed by atoms with van der Waals surface area (Å²) in [7, 11) is 0. The highest BCUT2D eigenvalue weighted by Crippen LogP contribution is 2.24. The lowest BCUT2D eigenvalue weighted by atomic mass is 10.0. The van der Waals surface area contributed by atoms with Crippen LogP contribution in [0.15, 0.2) is 22.5 Å². The van der Waals surface area contributed by atoms with Crippen molar-refractivity contribution in [2.24, 2.45) is 0 Å². The first kappa shape index (κ1) is 8.75. The van der Waals surface area contributed by atoms with E-state index in [1.54, 1.807) is 0 Å². The Bertz CT molecular complexity index is 255. The zero-order valence-electron chi connectivity index (χ0n) is 5.53. The van der Waals surface area contributed by atoms with Crippen molar-refractivity contribution in [1.82, 2.24) is 0 Å². The third-order valence-corrected chi connectivity index (χ3v) is 1.88. The van der Waals surface area contributed by atoms with E-state index in [1.807, 2.05) is 0 Å². The van der Waals surface area contributed by atoms with Crippen molar-refractivity contribution in [2.75, 3.05) is 5.88 Å². The number of rotatable bonds is 1. The van der Waals surface area contributed by atoms with Gasteiger partial charge in [-0.05, 0) is 6.08 Å². The highest BCUT2D eigenvalue weighted by Gasteiger charge is 2.19. The summed E-state index contributed by atoms with van der Waals surface area (Å²) in [6.07, 6.45) is 1.19. The van der Waals surface area contributed by atoms with Crippen molar-refractivity contribution in [1.29, 1.82) is 0 Å². The molecule has 0 saturated heterocycles. The maximum Gasteiger partial charge on any atom is 0.168 e. The van der Waals surface area contributed by atoms with Crippen LogP contribution in [0.2, 0.25) is 0 Å². The van der Waals surface area contributed by atoms with Crippen LogP contribution in [0.3, 0.4) is 0 Å². The van der Waals surface area contributed by atoms with E-state index in [9.17, 15) is 9.18 Å². The summed E-state index contributed by atoms with van der Waals surface area (Å²) in [5.74, 6) is -1.03. The number of alkyl halides is 1. The molecule has 4 heteroatoms. The quantitative estimate of drug-likeness (QED) is 0.587. The normalized spacial score (nSPS) is 18.8. The maximum atomic E-state index is 12.8. The van der Waals surface area contributed by atoms with Gasteiger partial charge in [0.25, 0.3) is 0 Å². The molecule has 0 heterocycles. The third-order valence-electron chi connectivity index (χ3n) is 1.37. The van der Waals surface area contributed by atoms with Crippen LogP contribution in [0, 0.1) is 0 Å². The van der Waals surface area contributed by atoms with Gasteiger partial charge in [0, 0.05) is 17.0 Å². The van der Waals surface area contributed by atoms with Gasteiger partial charge in [0.05, 0.1) is 5.88 Å². The average molecular weight is 195 g/mol. The van der Waals surface area contributed by atoms with Gasteiger partial charge < -0.3 is 0 Å². The molecule has 1 nitrogen and oxygen atoms in total. The van der Waals surface area contributed by atoms with E-state index in [0.717, 1.165) is 6.08 Å². The maximum absolute atomic E-state index is 12.8. The number of carbonyl (C=O) groups excluding carboxylic acids is 1. The number of hydrogen-bond donors (Lipinski definition) is 0. The minimum absolute atomic E-state index is 0.0241. The topological polar surface area (TPSA) is 17.1 Å². The van der Waals surface area contributed by atoms with Crippen molar-refractivity contribution in [3.05, 3.63) is 22.5 Å². The second-order valence-electron chi connectivity index (χ2n) is 2.15. The monoisotopic (exact) mass is 194 g/mol. The molecule has 1 rings (SSSR count). The smallest absolute Gasteiger partial charge is 0.168 e. The summed E-state index contributed by atoms with van der Waals surface area (Å²) in [6.45, 7) is 0. The minimum Gasteiger partial charge on any atom is -0.294 e. The molecule has 0 unspecified atom stereocenters. The van der Waals surface area contributed by atoms with Gasteiger partial charge in [0.2, 0.25) is 0 Å². The van der Waals surface area contributed by atoms with Gasteiger partial charge in [-0.25, -0.2) is 4.39 Å². The number of halogens is 3. The number of ketones is 1. The third kappa shape index (κ3) is 1.82. The van der Waals surface area contributed by atoms with Gasteiger partial charge >= 0.3 is 0 Å². The predicted molar refractivity (Wildman–Crippen MR) is 42.4 cm³/mol. The highest BCUT2D eigenvalue weighted by atomic mass is 35.5. The Kier molecular flexibility index (Phi) is 2.68. The number of carbonyl (C=O) groups is 1. The zero-order valence-corrected chi connectivity index (χ0v) is 7.05. The fraction of sp³-hybridized carbons (Fsp3) is 0.286. The fourth-order valence-electron chi connectivity index (χ4n) is 0.807.